The average molecular weight is 438 g/mol. The quantitative estimate of drug-likeness (QED) is 0.348. The van der Waals surface area contributed by atoms with Crippen LogP contribution in [0.25, 0.3) is 21.8 Å². The smallest absolute Gasteiger partial charge is 0.219 e. The summed E-state index contributed by atoms with van der Waals surface area (Å²) >= 11 is 6.16. The first-order chi connectivity index (χ1) is 15.0. The van der Waals surface area contributed by atoms with Gasteiger partial charge in [-0.25, -0.2) is 9.07 Å². The van der Waals surface area contributed by atoms with Crippen molar-refractivity contribution < 1.29 is 9.13 Å². The predicted molar refractivity (Wildman–Crippen MR) is 122 cm³/mol. The number of hydrogen-bond donors (Lipinski definition) is 0. The standard InChI is InChI=1S/C25H25ClFN3O/c1-15(30-25(31-2)21-9-7-18(26)13-24(21)29-30)16-3-5-17(6-4-16)20-11-12-28-23-10-8-19(27)14-22(20)23/h7-17H,3-6H2,1-2H3/t15-,16-,17+/m1/s1. The Balaban J connectivity index is 1.38. The van der Waals surface area contributed by atoms with Crippen LogP contribution < -0.4 is 4.74 Å². The molecule has 0 bridgehead atoms. The van der Waals surface area contributed by atoms with E-state index in [1.54, 1.807) is 19.2 Å². The van der Waals surface area contributed by atoms with Crippen LogP contribution in [0.5, 0.6) is 5.88 Å². The molecule has 1 saturated carbocycles. The van der Waals surface area contributed by atoms with Gasteiger partial charge in [-0.05, 0) is 92.5 Å². The molecule has 4 aromatic rings. The van der Waals surface area contributed by atoms with E-state index < -0.39 is 0 Å². The van der Waals surface area contributed by atoms with Crippen LogP contribution in [0.1, 0.15) is 50.1 Å². The van der Waals surface area contributed by atoms with Crippen molar-refractivity contribution in [3.8, 4) is 5.88 Å². The number of pyridine rings is 1. The summed E-state index contributed by atoms with van der Waals surface area (Å²) in [5.74, 6) is 1.51. The molecule has 2 aromatic heterocycles. The molecule has 31 heavy (non-hydrogen) atoms. The number of hydrogen-bond acceptors (Lipinski definition) is 3. The molecule has 0 spiro atoms. The molecule has 6 heteroatoms. The molecule has 160 valence electrons. The van der Waals surface area contributed by atoms with Gasteiger partial charge in [-0.3, -0.25) is 4.98 Å². The molecule has 1 aliphatic carbocycles. The Morgan fingerprint density at radius 3 is 2.61 bits per heavy atom. The highest BCUT2D eigenvalue weighted by atomic mass is 35.5. The second-order valence-corrected chi connectivity index (χ2v) is 8.97. The van der Waals surface area contributed by atoms with Crippen LogP contribution in [0, 0.1) is 11.7 Å². The van der Waals surface area contributed by atoms with Gasteiger partial charge >= 0.3 is 0 Å². The molecule has 1 aliphatic rings. The van der Waals surface area contributed by atoms with Gasteiger partial charge in [0.1, 0.15) is 5.82 Å². The van der Waals surface area contributed by atoms with Crippen molar-refractivity contribution in [3.05, 3.63) is 65.1 Å². The zero-order valence-electron chi connectivity index (χ0n) is 17.7. The van der Waals surface area contributed by atoms with Gasteiger partial charge in [0.05, 0.1) is 29.6 Å². The van der Waals surface area contributed by atoms with Gasteiger partial charge in [0.15, 0.2) is 0 Å². The first kappa shape index (κ1) is 20.3. The summed E-state index contributed by atoms with van der Waals surface area (Å²) in [6.45, 7) is 2.22. The third-order valence-corrected chi connectivity index (χ3v) is 7.06. The number of methoxy groups -OCH3 is 1. The number of fused-ring (bicyclic) bond motifs is 2. The first-order valence-electron chi connectivity index (χ1n) is 10.8. The minimum absolute atomic E-state index is 0.206. The van der Waals surface area contributed by atoms with Crippen molar-refractivity contribution in [2.45, 2.75) is 44.6 Å². The van der Waals surface area contributed by atoms with Crippen LogP contribution in [-0.4, -0.2) is 21.9 Å². The molecular weight excluding hydrogens is 413 g/mol. The molecule has 0 unspecified atom stereocenters. The summed E-state index contributed by atoms with van der Waals surface area (Å²) in [5.41, 5.74) is 2.93. The van der Waals surface area contributed by atoms with Gasteiger partial charge in [-0.2, -0.15) is 5.10 Å². The number of ether oxygens (including phenoxy) is 1. The van der Waals surface area contributed by atoms with Crippen molar-refractivity contribution in [1.29, 1.82) is 0 Å². The van der Waals surface area contributed by atoms with Crippen LogP contribution >= 0.6 is 11.6 Å². The lowest BCUT2D eigenvalue weighted by Crippen LogP contribution is -2.23. The van der Waals surface area contributed by atoms with Crippen LogP contribution in [0.15, 0.2) is 48.7 Å². The van der Waals surface area contributed by atoms with Crippen LogP contribution in [0.3, 0.4) is 0 Å². The number of benzene rings is 2. The Hall–Kier alpha value is -2.66. The molecule has 0 amide bonds. The van der Waals surface area contributed by atoms with E-state index in [0.717, 1.165) is 53.4 Å². The lowest BCUT2D eigenvalue weighted by atomic mass is 9.75. The zero-order valence-corrected chi connectivity index (χ0v) is 18.4. The van der Waals surface area contributed by atoms with E-state index in [9.17, 15) is 4.39 Å². The van der Waals surface area contributed by atoms with E-state index in [0.29, 0.717) is 16.9 Å². The van der Waals surface area contributed by atoms with Crippen molar-refractivity contribution in [2.75, 3.05) is 7.11 Å². The normalized spacial score (nSPS) is 20.3. The maximum absolute atomic E-state index is 13.9. The molecule has 4 nitrogen and oxygen atoms in total. The molecule has 0 radical (unpaired) electrons. The molecule has 2 aromatic carbocycles. The number of aromatic nitrogens is 3. The van der Waals surface area contributed by atoms with E-state index in [4.69, 9.17) is 21.4 Å². The van der Waals surface area contributed by atoms with E-state index in [2.05, 4.69) is 18.0 Å². The molecule has 2 heterocycles. The van der Waals surface area contributed by atoms with Crippen molar-refractivity contribution in [2.24, 2.45) is 5.92 Å². The van der Waals surface area contributed by atoms with Crippen molar-refractivity contribution >= 4 is 33.4 Å². The lowest BCUT2D eigenvalue weighted by molar-refractivity contribution is 0.219. The average Bonchev–Trinajstić information content (AvgIpc) is 3.15. The molecule has 5 rings (SSSR count). The van der Waals surface area contributed by atoms with E-state index in [1.165, 1.54) is 11.6 Å². The van der Waals surface area contributed by atoms with Gasteiger partial charge in [0, 0.05) is 16.6 Å². The van der Waals surface area contributed by atoms with Crippen molar-refractivity contribution in [1.82, 2.24) is 14.8 Å². The minimum Gasteiger partial charge on any atom is -0.481 e. The first-order valence-corrected chi connectivity index (χ1v) is 11.2. The zero-order chi connectivity index (χ0) is 21.5. The number of nitrogens with zero attached hydrogens (tertiary/aromatic N) is 3. The number of rotatable bonds is 4. The van der Waals surface area contributed by atoms with Crippen LogP contribution in [0.4, 0.5) is 4.39 Å². The summed E-state index contributed by atoms with van der Waals surface area (Å²) in [6.07, 6.45) is 6.16. The highest BCUT2D eigenvalue weighted by molar-refractivity contribution is 6.31. The Bertz CT molecular complexity index is 1250. The summed E-state index contributed by atoms with van der Waals surface area (Å²) in [5, 5.41) is 7.40. The molecular formula is C25H25ClFN3O. The topological polar surface area (TPSA) is 39.9 Å². The van der Waals surface area contributed by atoms with E-state index >= 15 is 0 Å². The van der Waals surface area contributed by atoms with Gasteiger partial charge < -0.3 is 4.74 Å². The van der Waals surface area contributed by atoms with E-state index in [-0.39, 0.29) is 11.9 Å². The fraction of sp³-hybridized carbons (Fsp3) is 0.360. The highest BCUT2D eigenvalue weighted by Gasteiger charge is 2.30. The predicted octanol–water partition coefficient (Wildman–Crippen LogP) is 6.92. The fourth-order valence-corrected chi connectivity index (χ4v) is 5.31. The molecule has 0 aliphatic heterocycles. The summed E-state index contributed by atoms with van der Waals surface area (Å²) in [6, 6.07) is 12.9. The van der Waals surface area contributed by atoms with Gasteiger partial charge in [-0.1, -0.05) is 11.6 Å². The molecule has 1 atom stereocenters. The Kier molecular flexibility index (Phi) is 5.30. The largest absolute Gasteiger partial charge is 0.481 e. The molecule has 0 saturated heterocycles. The Morgan fingerprint density at radius 2 is 1.84 bits per heavy atom. The molecule has 0 N–H and O–H groups in total. The third kappa shape index (κ3) is 3.65. The van der Waals surface area contributed by atoms with E-state index in [1.807, 2.05) is 29.1 Å². The van der Waals surface area contributed by atoms with Crippen molar-refractivity contribution in [3.63, 3.8) is 0 Å². The van der Waals surface area contributed by atoms with Gasteiger partial charge in [0.2, 0.25) is 5.88 Å². The Labute approximate surface area is 186 Å². The fourth-order valence-electron chi connectivity index (χ4n) is 5.14. The lowest BCUT2D eigenvalue weighted by Gasteiger charge is -2.33. The summed E-state index contributed by atoms with van der Waals surface area (Å²) in [7, 11) is 1.69. The monoisotopic (exact) mass is 437 g/mol. The number of halogens is 2. The van der Waals surface area contributed by atoms with Gasteiger partial charge in [-0.15, -0.1) is 0 Å². The highest BCUT2D eigenvalue weighted by Crippen LogP contribution is 2.43. The summed E-state index contributed by atoms with van der Waals surface area (Å²) < 4.78 is 21.6. The molecule has 1 fully saturated rings. The maximum Gasteiger partial charge on any atom is 0.219 e. The second-order valence-electron chi connectivity index (χ2n) is 8.53. The summed E-state index contributed by atoms with van der Waals surface area (Å²) in [4.78, 5) is 4.41. The van der Waals surface area contributed by atoms with Crippen LogP contribution in [-0.2, 0) is 0 Å². The van der Waals surface area contributed by atoms with Gasteiger partial charge in [0.25, 0.3) is 0 Å². The SMILES string of the molecule is COc1c2ccc(Cl)cc2nn1[C@H](C)[C@H]1CC[C@@H](c2ccnc3ccc(F)cc32)CC1. The third-order valence-electron chi connectivity index (χ3n) is 6.82. The van der Waals surface area contributed by atoms with Crippen LogP contribution in [0.2, 0.25) is 5.02 Å². The minimum atomic E-state index is -0.206. The maximum atomic E-state index is 13.9. The second kappa shape index (κ2) is 8.12. The Morgan fingerprint density at radius 1 is 1.03 bits per heavy atom.